The first kappa shape index (κ1) is 23.3. The van der Waals surface area contributed by atoms with Crippen LogP contribution < -0.4 is 20.7 Å². The van der Waals surface area contributed by atoms with Crippen LogP contribution in [0, 0.1) is 5.92 Å². The van der Waals surface area contributed by atoms with E-state index < -0.39 is 24.0 Å². The fraction of sp³-hybridized carbons (Fsp3) is 0.261. The smallest absolute Gasteiger partial charge is 0.344 e. The van der Waals surface area contributed by atoms with E-state index in [-0.39, 0.29) is 24.8 Å². The van der Waals surface area contributed by atoms with Crippen LogP contribution >= 0.6 is 15.9 Å². The van der Waals surface area contributed by atoms with Crippen LogP contribution in [-0.2, 0) is 20.9 Å². The Kier molecular flexibility index (Phi) is 7.88. The van der Waals surface area contributed by atoms with E-state index in [2.05, 4.69) is 38.5 Å². The number of hydrogen-bond acceptors (Lipinski definition) is 5. The molecule has 0 saturated carbocycles. The van der Waals surface area contributed by atoms with Gasteiger partial charge in [0.2, 0.25) is 5.91 Å². The van der Waals surface area contributed by atoms with E-state index in [1.54, 1.807) is 25.1 Å². The minimum atomic E-state index is -0.810. The molecule has 1 aliphatic rings. The number of benzene rings is 2. The third-order valence-electron chi connectivity index (χ3n) is 4.82. The number of urea groups is 1. The molecule has 32 heavy (non-hydrogen) atoms. The summed E-state index contributed by atoms with van der Waals surface area (Å²) in [7, 11) is 0. The van der Waals surface area contributed by atoms with Gasteiger partial charge in [-0.25, -0.2) is 9.59 Å². The van der Waals surface area contributed by atoms with E-state index in [4.69, 9.17) is 9.47 Å². The Morgan fingerprint density at radius 1 is 1.19 bits per heavy atom. The molecule has 8 nitrogen and oxygen atoms in total. The van der Waals surface area contributed by atoms with Gasteiger partial charge in [0.05, 0.1) is 12.6 Å². The van der Waals surface area contributed by atoms with Gasteiger partial charge in [-0.2, -0.15) is 0 Å². The van der Waals surface area contributed by atoms with Crippen molar-refractivity contribution in [1.82, 2.24) is 16.0 Å². The van der Waals surface area contributed by atoms with E-state index in [1.165, 1.54) is 0 Å². The second-order valence-electron chi connectivity index (χ2n) is 7.06. The van der Waals surface area contributed by atoms with Crippen LogP contribution in [0.5, 0.6) is 5.75 Å². The normalized spacial score (nSPS) is 17.7. The van der Waals surface area contributed by atoms with Gasteiger partial charge in [0, 0.05) is 22.3 Å². The Morgan fingerprint density at radius 3 is 2.66 bits per heavy atom. The van der Waals surface area contributed by atoms with Crippen LogP contribution in [0.1, 0.15) is 24.1 Å². The Balaban J connectivity index is 1.86. The Hall–Kier alpha value is -3.33. The highest BCUT2D eigenvalue weighted by atomic mass is 79.9. The van der Waals surface area contributed by atoms with Crippen LogP contribution in [0.3, 0.4) is 0 Å². The lowest BCUT2D eigenvalue weighted by atomic mass is 9.87. The molecule has 9 heteroatoms. The van der Waals surface area contributed by atoms with Crippen molar-refractivity contribution in [3.63, 3.8) is 0 Å². The van der Waals surface area contributed by atoms with Crippen molar-refractivity contribution in [1.29, 1.82) is 0 Å². The number of nitrogens with one attached hydrogen (secondary N) is 3. The van der Waals surface area contributed by atoms with Crippen molar-refractivity contribution >= 4 is 33.8 Å². The summed E-state index contributed by atoms with van der Waals surface area (Å²) in [4.78, 5) is 37.1. The topological polar surface area (TPSA) is 106 Å². The second-order valence-corrected chi connectivity index (χ2v) is 7.97. The van der Waals surface area contributed by atoms with Crippen molar-refractivity contribution < 1.29 is 23.9 Å². The number of esters is 1. The van der Waals surface area contributed by atoms with Crippen LogP contribution in [0.4, 0.5) is 4.79 Å². The summed E-state index contributed by atoms with van der Waals surface area (Å²) in [6.07, 6.45) is 0. The molecule has 1 saturated heterocycles. The van der Waals surface area contributed by atoms with Gasteiger partial charge in [-0.1, -0.05) is 52.8 Å². The van der Waals surface area contributed by atoms with Crippen LogP contribution in [0.15, 0.2) is 65.3 Å². The molecule has 0 aromatic heterocycles. The first-order valence-corrected chi connectivity index (χ1v) is 10.8. The number of carbonyl (C=O) groups excluding carboxylic acids is 3. The molecule has 3 rings (SSSR count). The number of hydrogen-bond donors (Lipinski definition) is 3. The summed E-state index contributed by atoms with van der Waals surface area (Å²) in [5.74, 6) is -1.29. The van der Waals surface area contributed by atoms with Crippen molar-refractivity contribution in [2.45, 2.75) is 19.5 Å². The Labute approximate surface area is 194 Å². The predicted molar refractivity (Wildman–Crippen MR) is 122 cm³/mol. The quantitative estimate of drug-likeness (QED) is 0.481. The Morgan fingerprint density at radius 2 is 1.94 bits per heavy atom. The van der Waals surface area contributed by atoms with Gasteiger partial charge in [0.1, 0.15) is 11.7 Å². The van der Waals surface area contributed by atoms with Gasteiger partial charge >= 0.3 is 12.0 Å². The number of amides is 3. The first-order valence-electron chi connectivity index (χ1n) is 10.0. The molecule has 0 spiro atoms. The Bertz CT molecular complexity index is 1010. The van der Waals surface area contributed by atoms with E-state index >= 15 is 0 Å². The zero-order valence-corrected chi connectivity index (χ0v) is 19.1. The highest BCUT2D eigenvalue weighted by Crippen LogP contribution is 2.36. The van der Waals surface area contributed by atoms with E-state index in [0.717, 1.165) is 10.0 Å². The lowest BCUT2D eigenvalue weighted by molar-refractivity contribution is -0.145. The van der Waals surface area contributed by atoms with Gasteiger partial charge in [0.25, 0.3) is 0 Å². The average Bonchev–Trinajstić information content (AvgIpc) is 2.77. The molecule has 1 aliphatic heterocycles. The molecule has 3 amide bonds. The number of rotatable bonds is 8. The van der Waals surface area contributed by atoms with Crippen molar-refractivity contribution in [2.75, 3.05) is 13.2 Å². The fourth-order valence-electron chi connectivity index (χ4n) is 3.38. The minimum Gasteiger partial charge on any atom is -0.482 e. The molecule has 2 aromatic rings. The number of halogens is 1. The molecule has 0 radical (unpaired) electrons. The fourth-order valence-corrected chi connectivity index (χ4v) is 3.76. The zero-order valence-electron chi connectivity index (χ0n) is 17.5. The molecule has 168 valence electrons. The van der Waals surface area contributed by atoms with E-state index in [0.29, 0.717) is 17.9 Å². The van der Waals surface area contributed by atoms with Crippen molar-refractivity contribution in [3.05, 3.63) is 76.4 Å². The number of ether oxygens (including phenoxy) is 2. The minimum absolute atomic E-state index is 0.239. The highest BCUT2D eigenvalue weighted by molar-refractivity contribution is 9.10. The van der Waals surface area contributed by atoms with Gasteiger partial charge < -0.3 is 25.4 Å². The average molecular weight is 502 g/mol. The summed E-state index contributed by atoms with van der Waals surface area (Å²) >= 11 is 3.42. The van der Waals surface area contributed by atoms with Crippen LogP contribution in [0.2, 0.25) is 0 Å². The summed E-state index contributed by atoms with van der Waals surface area (Å²) in [5, 5.41) is 8.26. The third kappa shape index (κ3) is 5.88. The van der Waals surface area contributed by atoms with E-state index in [9.17, 15) is 14.4 Å². The predicted octanol–water partition coefficient (Wildman–Crippen LogP) is 3.19. The zero-order chi connectivity index (χ0) is 23.1. The van der Waals surface area contributed by atoms with Crippen LogP contribution in [-0.4, -0.2) is 31.1 Å². The lowest BCUT2D eigenvalue weighted by Gasteiger charge is -2.34. The molecular formula is C23H24BrN3O5. The molecular weight excluding hydrogens is 478 g/mol. The molecule has 0 bridgehead atoms. The number of carbonyl (C=O) groups is 3. The SMILES string of the molecule is C=C1NC(=O)N[C@H](c2cc(Br)ccc2OCC(=O)OCC)[C@@H]1C(=O)NCc1ccccc1. The van der Waals surface area contributed by atoms with E-state index in [1.807, 2.05) is 30.3 Å². The summed E-state index contributed by atoms with van der Waals surface area (Å²) in [6, 6.07) is 13.4. The summed E-state index contributed by atoms with van der Waals surface area (Å²) in [6.45, 7) is 5.86. The van der Waals surface area contributed by atoms with Crippen LogP contribution in [0.25, 0.3) is 0 Å². The monoisotopic (exact) mass is 501 g/mol. The maximum absolute atomic E-state index is 13.1. The van der Waals surface area contributed by atoms with Gasteiger partial charge in [0.15, 0.2) is 6.61 Å². The molecule has 2 atom stereocenters. The third-order valence-corrected chi connectivity index (χ3v) is 5.31. The molecule has 0 aliphatic carbocycles. The lowest BCUT2D eigenvalue weighted by Crippen LogP contribution is -2.53. The highest BCUT2D eigenvalue weighted by Gasteiger charge is 2.39. The molecule has 1 fully saturated rings. The molecule has 2 aromatic carbocycles. The molecule has 3 N–H and O–H groups in total. The van der Waals surface area contributed by atoms with Crippen molar-refractivity contribution in [2.24, 2.45) is 5.92 Å². The first-order chi connectivity index (χ1) is 15.4. The summed E-state index contributed by atoms with van der Waals surface area (Å²) < 4.78 is 11.3. The molecule has 0 unspecified atom stereocenters. The maximum atomic E-state index is 13.1. The van der Waals surface area contributed by atoms with Gasteiger partial charge in [-0.3, -0.25) is 4.79 Å². The second kappa shape index (κ2) is 10.8. The van der Waals surface area contributed by atoms with Gasteiger partial charge in [-0.15, -0.1) is 0 Å². The summed E-state index contributed by atoms with van der Waals surface area (Å²) in [5.41, 5.74) is 1.73. The van der Waals surface area contributed by atoms with Crippen molar-refractivity contribution in [3.8, 4) is 5.75 Å². The maximum Gasteiger partial charge on any atom is 0.344 e. The standard InChI is InChI=1S/C23H24BrN3O5/c1-3-31-19(28)13-32-18-10-9-16(24)11-17(18)21-20(14(2)26-23(30)27-21)22(29)25-12-15-7-5-4-6-8-15/h4-11,20-21H,2-3,12-13H2,1H3,(H,25,29)(H2,26,27,30)/t20-,21-/m1/s1. The largest absolute Gasteiger partial charge is 0.482 e. The van der Waals surface area contributed by atoms with Gasteiger partial charge in [-0.05, 0) is 30.7 Å². The molecule has 1 heterocycles.